The van der Waals surface area contributed by atoms with Crippen LogP contribution in [0.1, 0.15) is 43.3 Å². The van der Waals surface area contributed by atoms with E-state index < -0.39 is 5.60 Å². The maximum atomic E-state index is 12.1. The first-order valence-corrected chi connectivity index (χ1v) is 8.28. The fourth-order valence-corrected chi connectivity index (χ4v) is 3.13. The Hall–Kier alpha value is -1.14. The smallest absolute Gasteiger partial charge is 0.317 e. The lowest BCUT2D eigenvalue weighted by Gasteiger charge is -2.28. The molecule has 0 bridgehead atoms. The van der Waals surface area contributed by atoms with E-state index in [9.17, 15) is 9.90 Å². The maximum Gasteiger partial charge on any atom is 0.317 e. The van der Waals surface area contributed by atoms with Gasteiger partial charge in [-0.3, -0.25) is 0 Å². The topological polar surface area (TPSA) is 65.5 Å². The van der Waals surface area contributed by atoms with E-state index in [1.807, 2.05) is 6.92 Å². The number of carbonyl (C=O) groups excluding carboxylic acids is 1. The molecule has 1 heterocycles. The van der Waals surface area contributed by atoms with Gasteiger partial charge in [0.15, 0.2) is 0 Å². The lowest BCUT2D eigenvalue weighted by atomic mass is 10.1. The minimum atomic E-state index is -0.879. The van der Waals surface area contributed by atoms with E-state index in [-0.39, 0.29) is 6.03 Å². The van der Waals surface area contributed by atoms with Crippen molar-refractivity contribution < 1.29 is 9.90 Å². The number of aliphatic hydroxyl groups is 1. The van der Waals surface area contributed by atoms with Gasteiger partial charge < -0.3 is 15.3 Å². The number of aryl methyl sites for hydroxylation is 2. The van der Waals surface area contributed by atoms with E-state index in [1.54, 1.807) is 30.1 Å². The molecule has 0 atom stereocenters. The summed E-state index contributed by atoms with van der Waals surface area (Å²) >= 11 is 1.70. The average molecular weight is 313 g/mol. The van der Waals surface area contributed by atoms with Gasteiger partial charge in [-0.2, -0.15) is 0 Å². The predicted molar refractivity (Wildman–Crippen MR) is 86.9 cm³/mol. The molecule has 2 N–H and O–H groups in total. The first-order chi connectivity index (χ1) is 9.76. The zero-order chi connectivity index (χ0) is 16.0. The van der Waals surface area contributed by atoms with Crippen LogP contribution in [0.3, 0.4) is 0 Å². The van der Waals surface area contributed by atoms with Crippen LogP contribution in [-0.4, -0.2) is 46.3 Å². The lowest BCUT2D eigenvalue weighted by molar-refractivity contribution is 0.0480. The van der Waals surface area contributed by atoms with Gasteiger partial charge in [-0.05, 0) is 34.1 Å². The molecule has 2 amide bonds. The van der Waals surface area contributed by atoms with Gasteiger partial charge in [0.25, 0.3) is 0 Å². The number of nitrogens with one attached hydrogen (secondary N) is 1. The van der Waals surface area contributed by atoms with Crippen molar-refractivity contribution in [3.05, 3.63) is 15.6 Å². The number of amides is 2. The molecule has 0 fully saturated rings. The van der Waals surface area contributed by atoms with Crippen molar-refractivity contribution in [3.63, 3.8) is 0 Å². The second-order valence-corrected chi connectivity index (χ2v) is 7.06. The highest BCUT2D eigenvalue weighted by molar-refractivity contribution is 7.11. The molecular formula is C15H27N3O2S. The van der Waals surface area contributed by atoms with Crippen LogP contribution in [0.15, 0.2) is 0 Å². The molecule has 1 aromatic heterocycles. The molecule has 0 saturated carbocycles. The van der Waals surface area contributed by atoms with Crippen LogP contribution in [0.2, 0.25) is 0 Å². The number of hydrogen-bond donors (Lipinski definition) is 2. The van der Waals surface area contributed by atoms with Gasteiger partial charge in [-0.25, -0.2) is 9.78 Å². The van der Waals surface area contributed by atoms with Crippen molar-refractivity contribution in [2.24, 2.45) is 0 Å². The molecule has 0 saturated heterocycles. The zero-order valence-corrected chi connectivity index (χ0v) is 14.5. The Morgan fingerprint density at radius 2 is 2.10 bits per heavy atom. The molecule has 6 heteroatoms. The highest BCUT2D eigenvalue weighted by Crippen LogP contribution is 2.18. The summed E-state index contributed by atoms with van der Waals surface area (Å²) in [5, 5.41) is 13.8. The average Bonchev–Trinajstić information content (AvgIpc) is 2.75. The monoisotopic (exact) mass is 313 g/mol. The minimum absolute atomic E-state index is 0.136. The number of nitrogens with zero attached hydrogens (tertiary/aromatic N) is 2. The molecule has 1 rings (SSSR count). The molecule has 0 aliphatic rings. The summed E-state index contributed by atoms with van der Waals surface area (Å²) in [5.41, 5.74) is 0.272. The third-order valence-corrected chi connectivity index (χ3v) is 4.21. The molecular weight excluding hydrogens is 286 g/mol. The van der Waals surface area contributed by atoms with Crippen molar-refractivity contribution in [1.29, 1.82) is 0 Å². The van der Waals surface area contributed by atoms with Gasteiger partial charge in [0.2, 0.25) is 0 Å². The van der Waals surface area contributed by atoms with Crippen LogP contribution in [0.4, 0.5) is 4.79 Å². The van der Waals surface area contributed by atoms with Crippen LogP contribution in [0.25, 0.3) is 0 Å². The van der Waals surface area contributed by atoms with Crippen molar-refractivity contribution in [2.45, 2.75) is 53.1 Å². The van der Waals surface area contributed by atoms with Gasteiger partial charge in [0.1, 0.15) is 0 Å². The molecule has 1 aromatic rings. The zero-order valence-electron chi connectivity index (χ0n) is 13.7. The van der Waals surface area contributed by atoms with Crippen molar-refractivity contribution in [2.75, 3.05) is 19.6 Å². The first-order valence-electron chi connectivity index (χ1n) is 7.47. The van der Waals surface area contributed by atoms with Crippen molar-refractivity contribution >= 4 is 17.4 Å². The number of carbonyl (C=O) groups is 1. The summed E-state index contributed by atoms with van der Waals surface area (Å²) in [5.74, 6) is 0. The third-order valence-electron chi connectivity index (χ3n) is 3.13. The van der Waals surface area contributed by atoms with E-state index in [4.69, 9.17) is 0 Å². The van der Waals surface area contributed by atoms with E-state index in [0.717, 1.165) is 23.5 Å². The highest BCUT2D eigenvalue weighted by Gasteiger charge is 2.20. The standard InChI is InChI=1S/C15H27N3O2S/c1-6-12-11(3)21-13(17-12)8-9-16-14(19)18(7-2)10-15(4,5)20/h20H,6-10H2,1-5H3,(H,16,19). The van der Waals surface area contributed by atoms with E-state index >= 15 is 0 Å². The molecule has 5 nitrogen and oxygen atoms in total. The Morgan fingerprint density at radius 1 is 1.43 bits per heavy atom. The molecule has 0 spiro atoms. The summed E-state index contributed by atoms with van der Waals surface area (Å²) in [7, 11) is 0. The maximum absolute atomic E-state index is 12.1. The van der Waals surface area contributed by atoms with Gasteiger partial charge in [-0.15, -0.1) is 11.3 Å². The Kier molecular flexibility index (Phi) is 6.61. The molecule has 21 heavy (non-hydrogen) atoms. The summed E-state index contributed by atoms with van der Waals surface area (Å²) in [6.45, 7) is 11.0. The third kappa shape index (κ3) is 6.01. The number of thiazole rings is 1. The minimum Gasteiger partial charge on any atom is -0.389 e. The largest absolute Gasteiger partial charge is 0.389 e. The molecule has 120 valence electrons. The van der Waals surface area contributed by atoms with Crippen LogP contribution < -0.4 is 5.32 Å². The van der Waals surface area contributed by atoms with Crippen LogP contribution >= 0.6 is 11.3 Å². The van der Waals surface area contributed by atoms with E-state index in [2.05, 4.69) is 24.1 Å². The number of hydrogen-bond acceptors (Lipinski definition) is 4. The quantitative estimate of drug-likeness (QED) is 0.812. The Balaban J connectivity index is 2.44. The SMILES string of the molecule is CCc1nc(CCNC(=O)N(CC)CC(C)(C)O)sc1C. The van der Waals surface area contributed by atoms with Crippen molar-refractivity contribution in [1.82, 2.24) is 15.2 Å². The van der Waals surface area contributed by atoms with Gasteiger partial charge in [0.05, 0.1) is 22.8 Å². The first kappa shape index (κ1) is 17.9. The number of likely N-dealkylation sites (N-methyl/N-ethyl adjacent to an activating group) is 1. The normalized spacial score (nSPS) is 11.5. The van der Waals surface area contributed by atoms with Crippen molar-refractivity contribution in [3.8, 4) is 0 Å². The summed E-state index contributed by atoms with van der Waals surface area (Å²) < 4.78 is 0. The molecule has 0 unspecified atom stereocenters. The highest BCUT2D eigenvalue weighted by atomic mass is 32.1. The van der Waals surface area contributed by atoms with Crippen LogP contribution in [0, 0.1) is 6.92 Å². The number of aromatic nitrogens is 1. The van der Waals surface area contributed by atoms with Gasteiger partial charge >= 0.3 is 6.03 Å². The Bertz CT molecular complexity index is 466. The molecule has 0 aromatic carbocycles. The molecule has 0 radical (unpaired) electrons. The lowest BCUT2D eigenvalue weighted by Crippen LogP contribution is -2.47. The summed E-state index contributed by atoms with van der Waals surface area (Å²) in [4.78, 5) is 19.5. The van der Waals surface area contributed by atoms with Gasteiger partial charge in [-0.1, -0.05) is 6.92 Å². The van der Waals surface area contributed by atoms with Crippen LogP contribution in [-0.2, 0) is 12.8 Å². The number of urea groups is 1. The van der Waals surface area contributed by atoms with Gasteiger partial charge in [0, 0.05) is 24.4 Å². The Labute approximate surface area is 131 Å². The molecule has 0 aliphatic heterocycles. The number of rotatable bonds is 7. The summed E-state index contributed by atoms with van der Waals surface area (Å²) in [6, 6.07) is -0.136. The van der Waals surface area contributed by atoms with E-state index in [0.29, 0.717) is 19.6 Å². The van der Waals surface area contributed by atoms with Crippen LogP contribution in [0.5, 0.6) is 0 Å². The fraction of sp³-hybridized carbons (Fsp3) is 0.733. The second kappa shape index (κ2) is 7.75. The second-order valence-electron chi connectivity index (χ2n) is 5.77. The Morgan fingerprint density at radius 3 is 2.57 bits per heavy atom. The van der Waals surface area contributed by atoms with E-state index in [1.165, 1.54) is 4.88 Å². The fourth-order valence-electron chi connectivity index (χ4n) is 2.11. The molecule has 0 aliphatic carbocycles. The predicted octanol–water partition coefficient (Wildman–Crippen LogP) is 2.36. The summed E-state index contributed by atoms with van der Waals surface area (Å²) in [6.07, 6.45) is 1.70.